The quantitative estimate of drug-likeness (QED) is 0.0108. The van der Waals surface area contributed by atoms with E-state index in [-0.39, 0.29) is 109 Å². The smallest absolute Gasteiger partial charge is 0.245 e. The number of H-pyrrole nitrogens is 1. The number of hydrogen-bond donors (Lipinski definition) is 28. The van der Waals surface area contributed by atoms with Gasteiger partial charge in [-0.15, -0.1) is 0 Å². The fourth-order valence-electron chi connectivity index (χ4n) is 14.4. The Kier molecular flexibility index (Phi) is 52.2. The number of aromatic nitrogens is 2. The molecule has 782 valence electrons. The molecule has 2 saturated heterocycles. The Bertz CT molecular complexity index is 4660. The third-order valence-electron chi connectivity index (χ3n) is 22.0. The molecule has 18 amide bonds. The van der Waals surface area contributed by atoms with E-state index in [1.54, 1.807) is 44.2 Å². The highest BCUT2D eigenvalue weighted by molar-refractivity contribution is 8.76. The Labute approximate surface area is 823 Å². The van der Waals surface area contributed by atoms with Gasteiger partial charge in [0, 0.05) is 82.2 Å². The number of nitrogens with one attached hydrogen (secondary N) is 20. The van der Waals surface area contributed by atoms with Crippen LogP contribution in [-0.2, 0) is 120 Å². The van der Waals surface area contributed by atoms with Crippen molar-refractivity contribution in [1.29, 1.82) is 10.8 Å². The first-order chi connectivity index (χ1) is 66.9. The van der Waals surface area contributed by atoms with E-state index >= 15 is 24.0 Å². The van der Waals surface area contributed by atoms with Crippen molar-refractivity contribution in [3.05, 3.63) is 83.9 Å². The van der Waals surface area contributed by atoms with E-state index in [1.807, 2.05) is 0 Å². The first kappa shape index (κ1) is 118. The highest BCUT2D eigenvalue weighted by Crippen LogP contribution is 2.26. The average Bonchev–Trinajstić information content (AvgIpc) is 1.65. The van der Waals surface area contributed by atoms with Crippen LogP contribution in [0, 0.1) is 28.6 Å². The predicted molar refractivity (Wildman–Crippen MR) is 513 cm³/mol. The molecule has 16 atom stereocenters. The summed E-state index contributed by atoms with van der Waals surface area (Å²) in [6.45, 7) is 7.93. The number of ether oxygens (including phenoxy) is 3. The van der Waals surface area contributed by atoms with E-state index in [0.717, 1.165) is 28.5 Å². The Balaban J connectivity index is 1.70. The van der Waals surface area contributed by atoms with Crippen LogP contribution >= 0.6 is 21.6 Å². The summed E-state index contributed by atoms with van der Waals surface area (Å²) in [5.74, 6) is -23.4. The van der Waals surface area contributed by atoms with Gasteiger partial charge in [0.2, 0.25) is 106 Å². The standard InChI is InChI=1S/C88H138N26O25S2/c1-46(2)35-57-75(125)107-61(41-115)79(129)105-59(37-51-20-22-53(118)23-21-51)76(126)102-54(17-12-27-96-87(91)92)73(123)98-40-68(121)100-56(18-13-28-97-88(93)94)86(136)114-29-14-19-65(114)83(133)112-70(48(5)6)85(135)110-64(82(132)106-58(36-50-15-10-9-11-16-50)77(127)108-62(42-116)80(130)113-71(49(7)117)72(90)122)44-141-140-43-63(81(131)104-57)109-84(134)69(47(3)4)111-74(124)55(24-25-66(89)119)103-78(128)60(38-52-39-95-45-99-52)101-67(120)26-30-138-33-34-139-32-31-137-8/h9-11,15-16,20-23,39,45-49,54-65,69-71,115-118H,12-14,17-19,24-38,40-44H2,1-8H3,(H2,89,119)(H2,90,122)(H,95,99)(H,98,123)(H,100,121)(H,101,120)(H,102,126)(H,103,128)(H,104,131)(H,105,129)(H,106,132)(H,107,125)(H,108,127)(H,109,134)(H,110,135)(H,111,124)(H,112,133)(H,113,130)(H4,91,92,96)(H4,93,94,97)/t49-,54+,55+,56+,57+,58+,59+,60+,61+,62+,63+,64+,65+,69+,70+,71+/m1/s1. The van der Waals surface area contributed by atoms with Gasteiger partial charge in [-0.1, -0.05) is 106 Å². The molecule has 2 aliphatic rings. The normalized spacial score (nSPS) is 20.7. The minimum atomic E-state index is -1.98. The number of guanidine groups is 2. The van der Waals surface area contributed by atoms with Gasteiger partial charge in [-0.25, -0.2) is 4.98 Å². The number of primary amides is 2. The highest BCUT2D eigenvalue weighted by atomic mass is 33.1. The lowest BCUT2D eigenvalue weighted by Gasteiger charge is -2.31. The Morgan fingerprint density at radius 1 is 0.574 bits per heavy atom. The lowest BCUT2D eigenvalue weighted by Crippen LogP contribution is -2.62. The van der Waals surface area contributed by atoms with Crippen LogP contribution in [0.1, 0.15) is 129 Å². The molecule has 2 aliphatic heterocycles. The van der Waals surface area contributed by atoms with Crippen molar-refractivity contribution in [2.45, 2.75) is 229 Å². The van der Waals surface area contributed by atoms with Gasteiger partial charge in [-0.3, -0.25) is 97.1 Å². The number of nitrogens with two attached hydrogens (primary N) is 4. The maximum atomic E-state index is 15.5. The molecule has 141 heavy (non-hydrogen) atoms. The van der Waals surface area contributed by atoms with Crippen LogP contribution < -0.4 is 113 Å². The zero-order valence-corrected chi connectivity index (χ0v) is 81.7. The number of aromatic amines is 1. The van der Waals surface area contributed by atoms with E-state index in [4.69, 9.17) is 48.0 Å². The van der Waals surface area contributed by atoms with Crippen LogP contribution in [0.5, 0.6) is 5.75 Å². The molecule has 0 bridgehead atoms. The van der Waals surface area contributed by atoms with Crippen LogP contribution in [0.25, 0.3) is 0 Å². The molecule has 3 heterocycles. The van der Waals surface area contributed by atoms with Crippen molar-refractivity contribution in [2.24, 2.45) is 40.7 Å². The Morgan fingerprint density at radius 3 is 1.74 bits per heavy atom. The molecule has 1 aromatic heterocycles. The number of carbonyl (C=O) groups is 18. The summed E-state index contributed by atoms with van der Waals surface area (Å²) in [5.41, 5.74) is 23.2. The lowest BCUT2D eigenvalue weighted by molar-refractivity contribution is -0.142. The second kappa shape index (κ2) is 62.2. The summed E-state index contributed by atoms with van der Waals surface area (Å²) in [4.78, 5) is 269. The fraction of sp³-hybridized carbons (Fsp3) is 0.602. The van der Waals surface area contributed by atoms with Crippen molar-refractivity contribution in [2.75, 3.05) is 91.0 Å². The van der Waals surface area contributed by atoms with E-state index in [1.165, 1.54) is 76.5 Å². The van der Waals surface area contributed by atoms with Gasteiger partial charge in [0.05, 0.1) is 65.2 Å². The van der Waals surface area contributed by atoms with Gasteiger partial charge in [-0.2, -0.15) is 0 Å². The molecule has 0 unspecified atom stereocenters. The molecular weight excluding hydrogens is 1890 g/mol. The number of aromatic hydroxyl groups is 1. The second-order valence-electron chi connectivity index (χ2n) is 34.6. The first-order valence-electron chi connectivity index (χ1n) is 46.1. The topological polar surface area (TPSA) is 804 Å². The number of rotatable bonds is 47. The number of imidazole rings is 1. The third-order valence-corrected chi connectivity index (χ3v) is 24.4. The zero-order chi connectivity index (χ0) is 105. The van der Waals surface area contributed by atoms with Gasteiger partial charge in [0.25, 0.3) is 0 Å². The number of phenols is 1. The number of nitrogens with zero attached hydrogens (tertiary/aromatic N) is 2. The number of benzene rings is 2. The summed E-state index contributed by atoms with van der Waals surface area (Å²) in [7, 11) is 2.98. The molecule has 5 rings (SSSR count). The number of carbonyl (C=O) groups excluding carboxylic acids is 18. The minimum absolute atomic E-state index is 0.00320. The number of hydrogen-bond acceptors (Lipinski definition) is 30. The van der Waals surface area contributed by atoms with Crippen molar-refractivity contribution in [3.8, 4) is 5.75 Å². The van der Waals surface area contributed by atoms with E-state index in [2.05, 4.69) is 100 Å². The monoisotopic (exact) mass is 2020 g/mol. The summed E-state index contributed by atoms with van der Waals surface area (Å²) in [5, 5.41) is 101. The van der Waals surface area contributed by atoms with Gasteiger partial charge in [-0.05, 0) is 99.3 Å². The second-order valence-corrected chi connectivity index (χ2v) is 37.2. The molecule has 51 nitrogen and oxygen atoms in total. The van der Waals surface area contributed by atoms with Crippen LogP contribution in [-0.4, -0.2) is 341 Å². The Morgan fingerprint density at radius 2 is 1.15 bits per heavy atom. The van der Waals surface area contributed by atoms with Crippen molar-refractivity contribution in [3.63, 3.8) is 0 Å². The molecule has 0 aliphatic carbocycles. The van der Waals surface area contributed by atoms with Gasteiger partial charge >= 0.3 is 0 Å². The van der Waals surface area contributed by atoms with Gasteiger partial charge in [0.1, 0.15) is 96.4 Å². The maximum Gasteiger partial charge on any atom is 0.245 e. The molecule has 32 N–H and O–H groups in total. The van der Waals surface area contributed by atoms with Crippen LogP contribution in [0.2, 0.25) is 0 Å². The number of aliphatic hydroxyl groups is 3. The number of fused-ring (bicyclic) bond motifs is 1. The lowest BCUT2D eigenvalue weighted by atomic mass is 10.0. The van der Waals surface area contributed by atoms with Crippen molar-refractivity contribution < 1.29 is 121 Å². The largest absolute Gasteiger partial charge is 0.508 e. The summed E-state index contributed by atoms with van der Waals surface area (Å²) < 4.78 is 15.9. The molecular formula is C88H138N26O25S2. The number of aliphatic hydroxyl groups excluding tert-OH is 3. The predicted octanol–water partition coefficient (Wildman–Crippen LogP) is -8.50. The van der Waals surface area contributed by atoms with E-state index in [9.17, 15) is 82.8 Å². The van der Waals surface area contributed by atoms with E-state index in [0.29, 0.717) is 30.0 Å². The zero-order valence-electron chi connectivity index (χ0n) is 80.1. The number of amides is 18. The van der Waals surface area contributed by atoms with Gasteiger partial charge < -0.3 is 158 Å². The summed E-state index contributed by atoms with van der Waals surface area (Å²) in [6.07, 6.45) is -1.59. The van der Waals surface area contributed by atoms with Crippen LogP contribution in [0.4, 0.5) is 0 Å². The average molecular weight is 2020 g/mol. The molecule has 0 radical (unpaired) electrons. The number of phenolic OH excluding ortho intramolecular Hbond substituents is 1. The SMILES string of the molecule is COCCOCCOCCC(=O)N[C@@H](Cc1cnc[nH]1)C(=O)N[C@@H](CCC(N)=O)C(=O)N[C@H](C(=O)N[C@H]1CSSC[C@@H](C(=O)N[C@@H](Cc2ccccc2)C(=O)N[C@@H](CO)C(=O)N[C@H](C(N)=O)[C@@H](C)O)NC(=O)[C@H](C(C)C)NC(=O)[C@@H]2CCCN2C(=O)[C@H](CCCNC(=N)N)NC(=O)CNC(=O)[C@H](CCCNC(=N)N)NC(=O)[C@H](Cc2ccc(O)cc2)NC(=O)[C@H](CO)NC(=O)[C@H](CC(C)C)NC1=O)C(C)C. The minimum Gasteiger partial charge on any atom is -0.508 e. The molecule has 2 aromatic carbocycles. The fourth-order valence-corrected chi connectivity index (χ4v) is 16.7. The maximum absolute atomic E-state index is 15.5. The van der Waals surface area contributed by atoms with E-state index < -0.39 is 283 Å². The Hall–Kier alpha value is -13.1. The molecule has 2 fully saturated rings. The van der Waals surface area contributed by atoms with Gasteiger partial charge in [0.15, 0.2) is 11.9 Å². The third kappa shape index (κ3) is 42.9. The van der Waals surface area contributed by atoms with Crippen LogP contribution in [0.3, 0.4) is 0 Å². The highest BCUT2D eigenvalue weighted by Gasteiger charge is 2.43. The molecule has 53 heteroatoms. The van der Waals surface area contributed by atoms with Crippen molar-refractivity contribution >= 4 is 140 Å². The first-order valence-corrected chi connectivity index (χ1v) is 48.6. The van der Waals surface area contributed by atoms with Crippen LogP contribution in [0.15, 0.2) is 67.1 Å². The van der Waals surface area contributed by atoms with Crippen molar-refractivity contribution in [1.82, 2.24) is 105 Å². The molecule has 0 saturated carbocycles. The summed E-state index contributed by atoms with van der Waals surface area (Å²) in [6, 6.07) is -12.0. The number of methoxy groups -OCH3 is 1. The molecule has 0 spiro atoms. The summed E-state index contributed by atoms with van der Waals surface area (Å²) >= 11 is 0. The molecule has 3 aromatic rings.